The quantitative estimate of drug-likeness (QED) is 0.146. The number of anilines is 3. The largest absolute Gasteiger partial charge is 0.438 e. The van der Waals surface area contributed by atoms with E-state index in [0.717, 1.165) is 31.5 Å². The molecule has 0 aliphatic rings. The Bertz CT molecular complexity index is 1570. The highest BCUT2D eigenvalue weighted by Gasteiger charge is 2.32. The predicted octanol–water partition coefficient (Wildman–Crippen LogP) is 7.05. The second-order valence-electron chi connectivity index (χ2n) is 9.76. The first-order valence-electron chi connectivity index (χ1n) is 13.4. The van der Waals surface area contributed by atoms with E-state index in [1.54, 1.807) is 43.7 Å². The van der Waals surface area contributed by atoms with E-state index in [4.69, 9.17) is 16.3 Å². The number of carbonyl (C=O) groups excluding carboxylic acids is 1. The molecule has 0 aliphatic carbocycles. The summed E-state index contributed by atoms with van der Waals surface area (Å²) in [6.07, 6.45) is 0.188. The highest BCUT2D eigenvalue weighted by molar-refractivity contribution is 6.34. The lowest BCUT2D eigenvalue weighted by molar-refractivity contribution is -0.137. The lowest BCUT2D eigenvalue weighted by atomic mass is 10.1. The van der Waals surface area contributed by atoms with Gasteiger partial charge in [-0.05, 0) is 82.0 Å². The Morgan fingerprint density at radius 2 is 1.81 bits per heavy atom. The van der Waals surface area contributed by atoms with Gasteiger partial charge in [0.15, 0.2) is 0 Å². The van der Waals surface area contributed by atoms with Crippen LogP contribution < -0.4 is 20.7 Å². The lowest BCUT2D eigenvalue weighted by Crippen LogP contribution is -2.18. The van der Waals surface area contributed by atoms with Gasteiger partial charge in [0.2, 0.25) is 11.8 Å². The van der Waals surface area contributed by atoms with Crippen LogP contribution in [0, 0.1) is 0 Å². The van der Waals surface area contributed by atoms with Gasteiger partial charge >= 0.3 is 6.18 Å². The number of hydrogen-bond donors (Lipinski definition) is 3. The summed E-state index contributed by atoms with van der Waals surface area (Å²) in [7, 11) is 5.63. The van der Waals surface area contributed by atoms with E-state index in [1.165, 1.54) is 18.2 Å². The van der Waals surface area contributed by atoms with E-state index in [2.05, 4.69) is 30.9 Å². The van der Waals surface area contributed by atoms with Gasteiger partial charge in [-0.1, -0.05) is 11.6 Å². The van der Waals surface area contributed by atoms with Crippen LogP contribution in [0.25, 0.3) is 11.3 Å². The van der Waals surface area contributed by atoms with E-state index in [-0.39, 0.29) is 33.6 Å². The Morgan fingerprint density at radius 3 is 2.56 bits per heavy atom. The number of ether oxygens (including phenoxy) is 1. The summed E-state index contributed by atoms with van der Waals surface area (Å²) in [5.41, 5.74) is 0.482. The van der Waals surface area contributed by atoms with Crippen molar-refractivity contribution in [2.75, 3.05) is 50.2 Å². The van der Waals surface area contributed by atoms with Crippen LogP contribution >= 0.6 is 11.6 Å². The van der Waals surface area contributed by atoms with Crippen molar-refractivity contribution in [2.24, 2.45) is 0 Å². The third-order valence-corrected chi connectivity index (χ3v) is 6.60. The van der Waals surface area contributed by atoms with Crippen molar-refractivity contribution in [1.29, 1.82) is 0 Å². The first-order valence-corrected chi connectivity index (χ1v) is 13.8. The fourth-order valence-electron chi connectivity index (χ4n) is 4.10. The number of hydrogen-bond acceptors (Lipinski definition) is 8. The molecule has 2 aromatic heterocycles. The monoisotopic (exact) mass is 613 g/mol. The van der Waals surface area contributed by atoms with Gasteiger partial charge in [0.05, 0.1) is 33.1 Å². The maximum atomic E-state index is 13.5. The smallest absolute Gasteiger partial charge is 0.416 e. The molecule has 2 aromatic carbocycles. The molecule has 0 saturated carbocycles. The van der Waals surface area contributed by atoms with Gasteiger partial charge in [-0.15, -0.1) is 0 Å². The Hall–Kier alpha value is -4.42. The minimum Gasteiger partial charge on any atom is -0.438 e. The molecule has 0 aliphatic heterocycles. The molecule has 4 rings (SSSR count). The van der Waals surface area contributed by atoms with Crippen molar-refractivity contribution in [3.05, 3.63) is 83.1 Å². The van der Waals surface area contributed by atoms with Crippen LogP contribution in [-0.4, -0.2) is 60.0 Å². The van der Waals surface area contributed by atoms with Crippen LogP contribution in [0.3, 0.4) is 0 Å². The highest BCUT2D eigenvalue weighted by atomic mass is 35.5. The molecular weight excluding hydrogens is 583 g/mol. The van der Waals surface area contributed by atoms with E-state index >= 15 is 0 Å². The molecule has 1 amide bonds. The second kappa shape index (κ2) is 14.2. The van der Waals surface area contributed by atoms with E-state index in [9.17, 15) is 18.0 Å². The third-order valence-electron chi connectivity index (χ3n) is 6.27. The molecule has 0 radical (unpaired) electrons. The topological polar surface area (TPSA) is 104 Å². The standard InChI is InChI=1S/C30H31ClF3N7O2/c1-35-29-38-15-12-25(40-29)21-7-6-14-37-28(21)43-20-9-10-23(31)26(18-20)39-27(42)22-17-19(30(32,33)34)8-11-24(22)36-13-4-5-16-41(2)3/h6-12,14-15,17-18,36H,4-5,13,16H2,1-3H3,(H,39,42)(H,35,38,40). The van der Waals surface area contributed by atoms with Crippen LogP contribution in [-0.2, 0) is 6.18 Å². The summed E-state index contributed by atoms with van der Waals surface area (Å²) in [6.45, 7) is 1.35. The zero-order valence-corrected chi connectivity index (χ0v) is 24.6. The third kappa shape index (κ3) is 8.55. The number of amides is 1. The number of nitrogens with one attached hydrogen (secondary N) is 3. The van der Waals surface area contributed by atoms with Gasteiger partial charge < -0.3 is 25.6 Å². The number of halogens is 4. The predicted molar refractivity (Wildman–Crippen MR) is 162 cm³/mol. The molecule has 0 spiro atoms. The Kier molecular flexibility index (Phi) is 10.4. The molecule has 9 nitrogen and oxygen atoms in total. The molecule has 0 bridgehead atoms. The maximum absolute atomic E-state index is 13.5. The van der Waals surface area contributed by atoms with Crippen molar-refractivity contribution in [3.8, 4) is 22.9 Å². The van der Waals surface area contributed by atoms with Crippen LogP contribution in [0.15, 0.2) is 67.0 Å². The van der Waals surface area contributed by atoms with Crippen molar-refractivity contribution in [3.63, 3.8) is 0 Å². The van der Waals surface area contributed by atoms with Crippen molar-refractivity contribution >= 4 is 34.8 Å². The fraction of sp³-hybridized carbons (Fsp3) is 0.267. The molecule has 0 unspecified atom stereocenters. The summed E-state index contributed by atoms with van der Waals surface area (Å²) >= 11 is 6.37. The minimum atomic E-state index is -4.62. The first kappa shape index (κ1) is 31.5. The number of nitrogens with zero attached hydrogens (tertiary/aromatic N) is 4. The highest BCUT2D eigenvalue weighted by Crippen LogP contribution is 2.35. The van der Waals surface area contributed by atoms with Crippen LogP contribution in [0.4, 0.5) is 30.5 Å². The molecule has 0 saturated heterocycles. The summed E-state index contributed by atoms with van der Waals surface area (Å²) < 4.78 is 46.6. The van der Waals surface area contributed by atoms with Crippen LogP contribution in [0.5, 0.6) is 11.6 Å². The van der Waals surface area contributed by atoms with Crippen molar-refractivity contribution in [2.45, 2.75) is 19.0 Å². The molecule has 13 heteroatoms. The van der Waals surface area contributed by atoms with Gasteiger partial charge in [0.1, 0.15) is 5.75 Å². The zero-order chi connectivity index (χ0) is 31.0. The number of alkyl halides is 3. The second-order valence-corrected chi connectivity index (χ2v) is 10.2. The lowest BCUT2D eigenvalue weighted by Gasteiger charge is -2.16. The Labute approximate surface area is 252 Å². The Balaban J connectivity index is 1.57. The molecule has 2 heterocycles. The minimum absolute atomic E-state index is 0.149. The molecule has 0 fully saturated rings. The molecule has 3 N–H and O–H groups in total. The number of unbranched alkanes of at least 4 members (excludes halogenated alkanes) is 1. The number of aromatic nitrogens is 3. The molecule has 0 atom stereocenters. The van der Waals surface area contributed by atoms with E-state index < -0.39 is 17.6 Å². The summed E-state index contributed by atoms with van der Waals surface area (Å²) in [5, 5.41) is 8.78. The zero-order valence-electron chi connectivity index (χ0n) is 23.8. The average molecular weight is 614 g/mol. The molecular formula is C30H31ClF3N7O2. The van der Waals surface area contributed by atoms with Gasteiger partial charge in [-0.2, -0.15) is 13.2 Å². The normalized spacial score (nSPS) is 11.3. The van der Waals surface area contributed by atoms with Gasteiger partial charge in [0, 0.05) is 37.7 Å². The number of pyridine rings is 1. The van der Waals surface area contributed by atoms with Crippen LogP contribution in [0.1, 0.15) is 28.8 Å². The maximum Gasteiger partial charge on any atom is 0.416 e. The van der Waals surface area contributed by atoms with Crippen molar-refractivity contribution in [1.82, 2.24) is 19.9 Å². The van der Waals surface area contributed by atoms with Gasteiger partial charge in [0.25, 0.3) is 5.91 Å². The summed E-state index contributed by atoms with van der Waals surface area (Å²) in [5.74, 6) is 0.174. The summed E-state index contributed by atoms with van der Waals surface area (Å²) in [4.78, 5) is 28.3. The van der Waals surface area contributed by atoms with Crippen molar-refractivity contribution < 1.29 is 22.7 Å². The van der Waals surface area contributed by atoms with Gasteiger partial charge in [-0.25, -0.2) is 15.0 Å². The Morgan fingerprint density at radius 1 is 1.00 bits per heavy atom. The number of rotatable bonds is 12. The van der Waals surface area contributed by atoms with E-state index in [0.29, 0.717) is 23.8 Å². The van der Waals surface area contributed by atoms with Gasteiger partial charge in [-0.3, -0.25) is 4.79 Å². The molecule has 226 valence electrons. The molecule has 4 aromatic rings. The first-order chi connectivity index (χ1) is 20.5. The summed E-state index contributed by atoms with van der Waals surface area (Å²) in [6, 6.07) is 12.8. The fourth-order valence-corrected chi connectivity index (χ4v) is 4.26. The van der Waals surface area contributed by atoms with E-state index in [1.807, 2.05) is 19.0 Å². The molecule has 43 heavy (non-hydrogen) atoms. The SMILES string of the molecule is CNc1nccc(-c2cccnc2Oc2ccc(Cl)c(NC(=O)c3cc(C(F)(F)F)ccc3NCCCCN(C)C)c2)n1. The number of benzene rings is 2. The number of carbonyl (C=O) groups is 1. The average Bonchev–Trinajstić information content (AvgIpc) is 2.98. The van der Waals surface area contributed by atoms with Crippen LogP contribution in [0.2, 0.25) is 5.02 Å².